The lowest BCUT2D eigenvalue weighted by molar-refractivity contribution is -0.122. The van der Waals surface area contributed by atoms with E-state index in [1.807, 2.05) is 55.5 Å². The summed E-state index contributed by atoms with van der Waals surface area (Å²) in [6.07, 6.45) is 1.76. The van der Waals surface area contributed by atoms with Gasteiger partial charge in [0.25, 0.3) is 0 Å². The van der Waals surface area contributed by atoms with Gasteiger partial charge in [0.05, 0.1) is 22.9 Å². The fraction of sp³-hybridized carbons (Fsp3) is 0.188. The molecule has 190 valence electrons. The summed E-state index contributed by atoms with van der Waals surface area (Å²) in [5.74, 6) is -1.17. The normalized spacial score (nSPS) is 24.6. The summed E-state index contributed by atoms with van der Waals surface area (Å²) in [7, 11) is 0. The molecule has 0 N–H and O–H groups in total. The molecular weight excluding hydrogens is 554 g/mol. The van der Waals surface area contributed by atoms with Crippen LogP contribution in [0.3, 0.4) is 0 Å². The van der Waals surface area contributed by atoms with Crippen LogP contribution in [0, 0.1) is 37.0 Å². The summed E-state index contributed by atoms with van der Waals surface area (Å²) in [6, 6.07) is 25.5. The van der Waals surface area contributed by atoms with Crippen molar-refractivity contribution in [2.45, 2.75) is 25.2 Å². The van der Waals surface area contributed by atoms with Gasteiger partial charge in [-0.15, -0.1) is 0 Å². The molecule has 1 aromatic heterocycles. The van der Waals surface area contributed by atoms with E-state index in [1.54, 1.807) is 25.3 Å². The molecule has 0 unspecified atom stereocenters. The monoisotopic (exact) mass is 575 g/mol. The van der Waals surface area contributed by atoms with Crippen LogP contribution in [0.15, 0.2) is 86.7 Å². The van der Waals surface area contributed by atoms with E-state index in [0.29, 0.717) is 17.0 Å². The van der Waals surface area contributed by atoms with Crippen molar-refractivity contribution in [2.75, 3.05) is 4.90 Å². The number of anilines is 1. The van der Waals surface area contributed by atoms with Crippen LogP contribution in [0.1, 0.15) is 45.1 Å². The molecule has 8 rings (SSSR count). The Morgan fingerprint density at radius 3 is 2.18 bits per heavy atom. The van der Waals surface area contributed by atoms with Gasteiger partial charge in [-0.25, -0.2) is 9.89 Å². The lowest BCUT2D eigenvalue weighted by Crippen LogP contribution is -2.54. The number of benzene rings is 3. The van der Waals surface area contributed by atoms with Crippen LogP contribution in [-0.2, 0) is 15.0 Å². The Balaban J connectivity index is 1.51. The quantitative estimate of drug-likeness (QED) is 0.206. The zero-order chi connectivity index (χ0) is 27.1. The third kappa shape index (κ3) is 3.04. The lowest BCUT2D eigenvalue weighted by Gasteiger charge is -2.52. The molecule has 3 aromatic carbocycles. The molecule has 4 aliphatic rings. The molecule has 4 aromatic rings. The first-order chi connectivity index (χ1) is 18.9. The van der Waals surface area contributed by atoms with Crippen LogP contribution >= 0.6 is 15.9 Å². The summed E-state index contributed by atoms with van der Waals surface area (Å²) < 4.78 is 6.74. The van der Waals surface area contributed by atoms with Crippen LogP contribution in [0.25, 0.3) is 0 Å². The van der Waals surface area contributed by atoms with E-state index in [1.165, 1.54) is 4.90 Å². The van der Waals surface area contributed by atoms with Gasteiger partial charge in [0.1, 0.15) is 17.4 Å². The summed E-state index contributed by atoms with van der Waals surface area (Å²) in [5.41, 5.74) is 4.59. The summed E-state index contributed by atoms with van der Waals surface area (Å²) in [5, 5.41) is 9.81. The molecule has 0 radical (unpaired) electrons. The van der Waals surface area contributed by atoms with Gasteiger partial charge in [0.15, 0.2) is 0 Å². The zero-order valence-electron chi connectivity index (χ0n) is 21.2. The Morgan fingerprint density at radius 1 is 0.949 bits per heavy atom. The lowest BCUT2D eigenvalue weighted by atomic mass is 9.47. The van der Waals surface area contributed by atoms with Gasteiger partial charge in [0, 0.05) is 22.2 Å². The summed E-state index contributed by atoms with van der Waals surface area (Å²) in [4.78, 5) is 34.7. The molecule has 0 saturated carbocycles. The Kier molecular flexibility index (Phi) is 5.10. The molecular formula is C32H22BrN3O3. The Morgan fingerprint density at radius 2 is 1.56 bits per heavy atom. The van der Waals surface area contributed by atoms with Crippen molar-refractivity contribution >= 4 is 45.5 Å². The smallest absolute Gasteiger partial charge is 0.239 e. The fourth-order valence-corrected chi connectivity index (χ4v) is 7.15. The minimum Gasteiger partial charge on any atom is -0.442 e. The van der Waals surface area contributed by atoms with Crippen LogP contribution in [-0.4, -0.2) is 18.0 Å². The number of aryl methyl sites for hydroxylation is 1. The van der Waals surface area contributed by atoms with Gasteiger partial charge in [-0.05, 0) is 60.4 Å². The number of imide groups is 1. The SMILES string of the molecule is Cc1oc(N=CC23c4ccccc4C(c4ccccc42)[C@@H]2C(=O)N(c4ccc(Br)cc4)C(=O)[C@H]23)c(C#N)c1C. The molecule has 7 heteroatoms. The molecule has 2 atom stereocenters. The highest BCUT2D eigenvalue weighted by Gasteiger charge is 2.68. The number of nitrogens with zero attached hydrogens (tertiary/aromatic N) is 3. The molecule has 1 saturated heterocycles. The number of halogens is 1. The van der Waals surface area contributed by atoms with Crippen molar-refractivity contribution in [1.29, 1.82) is 5.26 Å². The van der Waals surface area contributed by atoms with E-state index in [-0.39, 0.29) is 23.6 Å². The molecule has 2 bridgehead atoms. The molecule has 0 spiro atoms. The number of carbonyl (C=O) groups is 2. The maximum atomic E-state index is 14.4. The molecule has 3 aliphatic carbocycles. The zero-order valence-corrected chi connectivity index (χ0v) is 22.8. The molecule has 2 heterocycles. The number of nitriles is 1. The highest BCUT2D eigenvalue weighted by molar-refractivity contribution is 9.10. The number of hydrogen-bond donors (Lipinski definition) is 0. The highest BCUT2D eigenvalue weighted by Crippen LogP contribution is 2.63. The second kappa shape index (κ2) is 8.36. The summed E-state index contributed by atoms with van der Waals surface area (Å²) >= 11 is 3.45. The number of rotatable bonds is 3. The second-order valence-corrected chi connectivity index (χ2v) is 11.3. The van der Waals surface area contributed by atoms with E-state index in [0.717, 1.165) is 32.3 Å². The minimum atomic E-state index is -1.02. The van der Waals surface area contributed by atoms with E-state index in [2.05, 4.69) is 34.1 Å². The van der Waals surface area contributed by atoms with Gasteiger partial charge >= 0.3 is 0 Å². The third-order valence-corrected chi connectivity index (χ3v) is 9.16. The van der Waals surface area contributed by atoms with E-state index < -0.39 is 17.3 Å². The number of hydrogen-bond acceptors (Lipinski definition) is 5. The van der Waals surface area contributed by atoms with Crippen LogP contribution < -0.4 is 4.90 Å². The third-order valence-electron chi connectivity index (χ3n) is 8.63. The standard InChI is InChI=1S/C32H22BrN3O3/c1-17-18(2)39-29(23(17)15-34)35-16-32-24-9-5-3-7-21(24)26(22-8-4-6-10-25(22)32)27-28(32)31(38)36(30(27)37)20-13-11-19(33)12-14-20/h3-14,16,26-28H,1-2H3/t26?,27-,28-,32?/m0/s1. The predicted molar refractivity (Wildman–Crippen MR) is 150 cm³/mol. The van der Waals surface area contributed by atoms with Crippen molar-refractivity contribution < 1.29 is 14.0 Å². The number of aliphatic imine (C=N–C) groups is 1. The molecule has 1 aliphatic heterocycles. The van der Waals surface area contributed by atoms with Crippen molar-refractivity contribution in [3.8, 4) is 6.07 Å². The summed E-state index contributed by atoms with van der Waals surface area (Å²) in [6.45, 7) is 3.63. The van der Waals surface area contributed by atoms with Crippen molar-refractivity contribution in [1.82, 2.24) is 0 Å². The number of furan rings is 1. The maximum Gasteiger partial charge on any atom is 0.239 e. The highest BCUT2D eigenvalue weighted by atomic mass is 79.9. The van der Waals surface area contributed by atoms with Gasteiger partial charge in [0.2, 0.25) is 17.7 Å². The first kappa shape index (κ1) is 23.8. The van der Waals surface area contributed by atoms with Crippen molar-refractivity contribution in [2.24, 2.45) is 16.8 Å². The maximum absolute atomic E-state index is 14.4. The Bertz CT molecular complexity index is 1730. The van der Waals surface area contributed by atoms with Crippen LogP contribution in [0.5, 0.6) is 0 Å². The first-order valence-electron chi connectivity index (χ1n) is 12.8. The largest absolute Gasteiger partial charge is 0.442 e. The minimum absolute atomic E-state index is 0.207. The topological polar surface area (TPSA) is 86.7 Å². The Labute approximate surface area is 233 Å². The predicted octanol–water partition coefficient (Wildman–Crippen LogP) is 6.48. The van der Waals surface area contributed by atoms with E-state index in [9.17, 15) is 14.9 Å². The average Bonchev–Trinajstić information content (AvgIpc) is 3.39. The molecule has 39 heavy (non-hydrogen) atoms. The van der Waals surface area contributed by atoms with Gasteiger partial charge < -0.3 is 4.42 Å². The van der Waals surface area contributed by atoms with Crippen molar-refractivity contribution in [3.63, 3.8) is 0 Å². The fourth-order valence-electron chi connectivity index (χ4n) is 6.89. The van der Waals surface area contributed by atoms with Gasteiger partial charge in [-0.3, -0.25) is 9.59 Å². The molecule has 2 amide bonds. The Hall–Kier alpha value is -4.28. The van der Waals surface area contributed by atoms with Gasteiger partial charge in [-0.2, -0.15) is 5.26 Å². The average molecular weight is 576 g/mol. The van der Waals surface area contributed by atoms with E-state index >= 15 is 0 Å². The van der Waals surface area contributed by atoms with Crippen LogP contribution in [0.4, 0.5) is 11.6 Å². The van der Waals surface area contributed by atoms with Gasteiger partial charge in [-0.1, -0.05) is 64.5 Å². The molecule has 6 nitrogen and oxygen atoms in total. The van der Waals surface area contributed by atoms with E-state index in [4.69, 9.17) is 9.41 Å². The number of amides is 2. The number of carbonyl (C=O) groups excluding carboxylic acids is 2. The molecule has 1 fully saturated rings. The second-order valence-electron chi connectivity index (χ2n) is 10.3. The van der Waals surface area contributed by atoms with Crippen LogP contribution in [0.2, 0.25) is 0 Å². The van der Waals surface area contributed by atoms with Crippen molar-refractivity contribution in [3.05, 3.63) is 116 Å². The first-order valence-corrected chi connectivity index (χ1v) is 13.5.